The van der Waals surface area contributed by atoms with Crippen LogP contribution in [-0.2, 0) is 11.4 Å². The van der Waals surface area contributed by atoms with E-state index in [0.29, 0.717) is 6.42 Å². The summed E-state index contributed by atoms with van der Waals surface area (Å²) in [6.07, 6.45) is 3.73. The predicted molar refractivity (Wildman–Crippen MR) is 103 cm³/mol. The smallest absolute Gasteiger partial charge is 0.125 e. The Morgan fingerprint density at radius 3 is 2.88 bits per heavy atom. The molecule has 5 nitrogen and oxygen atoms in total. The highest BCUT2D eigenvalue weighted by Gasteiger charge is 2.35. The molecule has 5 heteroatoms. The molecule has 3 atom stereocenters. The van der Waals surface area contributed by atoms with Crippen LogP contribution in [0.25, 0.3) is 10.9 Å². The van der Waals surface area contributed by atoms with Gasteiger partial charge in [-0.1, -0.05) is 25.5 Å². The quantitative estimate of drug-likeness (QED) is 0.746. The molecule has 1 fully saturated rings. The Hall–Kier alpha value is -1.98. The lowest BCUT2D eigenvalue weighted by molar-refractivity contribution is -0.115. The van der Waals surface area contributed by atoms with E-state index in [1.165, 1.54) is 0 Å². The number of aliphatic hydroxyl groups excluding tert-OH is 2. The standard InChI is InChI=1S/C21H28N2O3/c1-3-5-16(13-25)21(26)19-6-4-9-23(19)20-10-14(2)22-18-11-15(12-24)7-8-17(18)20/h7-8,10-11,13,16,19,21,24,26H,3-6,9,12H2,1-2H3/t16?,19-,21?/m0/s1. The van der Waals surface area contributed by atoms with Crippen LogP contribution < -0.4 is 4.90 Å². The van der Waals surface area contributed by atoms with E-state index in [4.69, 9.17) is 0 Å². The second-order valence-electron chi connectivity index (χ2n) is 7.27. The maximum Gasteiger partial charge on any atom is 0.125 e. The normalized spacial score (nSPS) is 19.7. The number of rotatable bonds is 7. The van der Waals surface area contributed by atoms with E-state index in [2.05, 4.69) is 16.0 Å². The first-order chi connectivity index (χ1) is 12.6. The summed E-state index contributed by atoms with van der Waals surface area (Å²) in [7, 11) is 0. The van der Waals surface area contributed by atoms with Crippen LogP contribution in [0.4, 0.5) is 5.69 Å². The van der Waals surface area contributed by atoms with E-state index >= 15 is 0 Å². The maximum absolute atomic E-state index is 11.5. The van der Waals surface area contributed by atoms with Gasteiger partial charge in [0.2, 0.25) is 0 Å². The van der Waals surface area contributed by atoms with Crippen LogP contribution >= 0.6 is 0 Å². The van der Waals surface area contributed by atoms with Crippen LogP contribution in [-0.4, -0.2) is 40.2 Å². The van der Waals surface area contributed by atoms with Gasteiger partial charge in [0.25, 0.3) is 0 Å². The van der Waals surface area contributed by atoms with E-state index in [9.17, 15) is 15.0 Å². The summed E-state index contributed by atoms with van der Waals surface area (Å²) in [5, 5.41) is 21.3. The highest BCUT2D eigenvalue weighted by molar-refractivity contribution is 5.92. The van der Waals surface area contributed by atoms with Gasteiger partial charge in [-0.25, -0.2) is 0 Å². The number of fused-ring (bicyclic) bond motifs is 1. The van der Waals surface area contributed by atoms with Gasteiger partial charge in [-0.05, 0) is 43.9 Å². The molecular formula is C21H28N2O3. The second-order valence-corrected chi connectivity index (χ2v) is 7.27. The molecular weight excluding hydrogens is 328 g/mol. The van der Waals surface area contributed by atoms with Crippen molar-refractivity contribution in [2.75, 3.05) is 11.4 Å². The number of carbonyl (C=O) groups excluding carboxylic acids is 1. The van der Waals surface area contributed by atoms with Crippen LogP contribution in [0.1, 0.15) is 43.9 Å². The lowest BCUT2D eigenvalue weighted by atomic mass is 9.91. The number of aldehydes is 1. The van der Waals surface area contributed by atoms with Crippen molar-refractivity contribution in [3.8, 4) is 0 Å². The molecule has 26 heavy (non-hydrogen) atoms. The molecule has 2 aromatic rings. The Labute approximate surface area is 154 Å². The van der Waals surface area contributed by atoms with Gasteiger partial charge in [0.05, 0.1) is 24.3 Å². The number of pyridine rings is 1. The molecule has 3 rings (SSSR count). The van der Waals surface area contributed by atoms with Crippen LogP contribution in [0.3, 0.4) is 0 Å². The summed E-state index contributed by atoms with van der Waals surface area (Å²) in [5.74, 6) is -0.319. The highest BCUT2D eigenvalue weighted by atomic mass is 16.3. The van der Waals surface area contributed by atoms with Crippen molar-refractivity contribution in [2.45, 2.75) is 58.3 Å². The summed E-state index contributed by atoms with van der Waals surface area (Å²) >= 11 is 0. The van der Waals surface area contributed by atoms with E-state index in [1.54, 1.807) is 0 Å². The third-order valence-electron chi connectivity index (χ3n) is 5.40. The number of benzene rings is 1. The van der Waals surface area contributed by atoms with E-state index in [0.717, 1.165) is 59.9 Å². The molecule has 1 aromatic carbocycles. The summed E-state index contributed by atoms with van der Waals surface area (Å²) in [6, 6.07) is 7.82. The number of aliphatic hydroxyl groups is 2. The number of anilines is 1. The average Bonchev–Trinajstić information content (AvgIpc) is 3.13. The zero-order valence-corrected chi connectivity index (χ0v) is 15.6. The fraction of sp³-hybridized carbons (Fsp3) is 0.524. The fourth-order valence-corrected chi connectivity index (χ4v) is 4.10. The maximum atomic E-state index is 11.5. The third-order valence-corrected chi connectivity index (χ3v) is 5.40. The number of nitrogens with zero attached hydrogens (tertiary/aromatic N) is 2. The molecule has 0 aliphatic carbocycles. The van der Waals surface area contributed by atoms with E-state index in [1.807, 2.05) is 32.0 Å². The van der Waals surface area contributed by atoms with Crippen molar-refractivity contribution in [3.05, 3.63) is 35.5 Å². The molecule has 2 unspecified atom stereocenters. The van der Waals surface area contributed by atoms with E-state index < -0.39 is 6.10 Å². The topological polar surface area (TPSA) is 73.7 Å². The monoisotopic (exact) mass is 356 g/mol. The number of carbonyl (C=O) groups is 1. The van der Waals surface area contributed by atoms with Gasteiger partial charge < -0.3 is 19.9 Å². The van der Waals surface area contributed by atoms with Crippen molar-refractivity contribution in [1.82, 2.24) is 4.98 Å². The van der Waals surface area contributed by atoms with Crippen molar-refractivity contribution in [1.29, 1.82) is 0 Å². The first-order valence-electron chi connectivity index (χ1n) is 9.50. The zero-order chi connectivity index (χ0) is 18.7. The molecule has 1 aliphatic heterocycles. The van der Waals surface area contributed by atoms with Gasteiger partial charge in [-0.15, -0.1) is 0 Å². The zero-order valence-electron chi connectivity index (χ0n) is 15.6. The average molecular weight is 356 g/mol. The minimum Gasteiger partial charge on any atom is -0.392 e. The minimum atomic E-state index is -0.657. The highest BCUT2D eigenvalue weighted by Crippen LogP contribution is 2.35. The van der Waals surface area contributed by atoms with Crippen molar-refractivity contribution < 1.29 is 15.0 Å². The SMILES string of the molecule is CCCC(C=O)C(O)[C@@H]1CCCN1c1cc(C)nc2cc(CO)ccc12. The second kappa shape index (κ2) is 8.14. The van der Waals surface area contributed by atoms with Crippen LogP contribution in [0, 0.1) is 12.8 Å². The van der Waals surface area contributed by atoms with Gasteiger partial charge in [0.15, 0.2) is 0 Å². The van der Waals surface area contributed by atoms with Gasteiger partial charge in [-0.2, -0.15) is 0 Å². The van der Waals surface area contributed by atoms with Crippen LogP contribution in [0.5, 0.6) is 0 Å². The first kappa shape index (κ1) is 18.8. The van der Waals surface area contributed by atoms with Gasteiger partial charge in [0, 0.05) is 29.2 Å². The first-order valence-corrected chi connectivity index (χ1v) is 9.50. The molecule has 0 radical (unpaired) electrons. The molecule has 0 bridgehead atoms. The minimum absolute atomic E-state index is 0.00994. The third kappa shape index (κ3) is 3.60. The molecule has 1 aromatic heterocycles. The van der Waals surface area contributed by atoms with Crippen LogP contribution in [0.15, 0.2) is 24.3 Å². The Morgan fingerprint density at radius 2 is 2.19 bits per heavy atom. The molecule has 1 saturated heterocycles. The Morgan fingerprint density at radius 1 is 1.38 bits per heavy atom. The molecule has 1 aliphatic rings. The molecule has 2 heterocycles. The van der Waals surface area contributed by atoms with Crippen molar-refractivity contribution in [3.63, 3.8) is 0 Å². The van der Waals surface area contributed by atoms with Crippen molar-refractivity contribution >= 4 is 22.9 Å². The Kier molecular flexibility index (Phi) is 5.89. The van der Waals surface area contributed by atoms with Crippen LogP contribution in [0.2, 0.25) is 0 Å². The molecule has 0 spiro atoms. The largest absolute Gasteiger partial charge is 0.392 e. The van der Waals surface area contributed by atoms with Gasteiger partial charge in [0.1, 0.15) is 6.29 Å². The predicted octanol–water partition coefficient (Wildman–Crippen LogP) is 2.98. The van der Waals surface area contributed by atoms with Gasteiger partial charge in [-0.3, -0.25) is 4.98 Å². The number of hydrogen-bond donors (Lipinski definition) is 2. The fourth-order valence-electron chi connectivity index (χ4n) is 4.10. The summed E-state index contributed by atoms with van der Waals surface area (Å²) in [5.41, 5.74) is 3.65. The lowest BCUT2D eigenvalue weighted by Gasteiger charge is -2.33. The summed E-state index contributed by atoms with van der Waals surface area (Å²) < 4.78 is 0. The summed E-state index contributed by atoms with van der Waals surface area (Å²) in [4.78, 5) is 18.3. The lowest BCUT2D eigenvalue weighted by Crippen LogP contribution is -2.43. The molecule has 0 amide bonds. The number of aromatic nitrogens is 1. The number of aryl methyl sites for hydroxylation is 1. The summed E-state index contributed by atoms with van der Waals surface area (Å²) in [6.45, 7) is 4.85. The Balaban J connectivity index is 2.00. The molecule has 2 N–H and O–H groups in total. The molecule has 140 valence electrons. The van der Waals surface area contributed by atoms with E-state index in [-0.39, 0.29) is 18.6 Å². The van der Waals surface area contributed by atoms with Gasteiger partial charge >= 0.3 is 0 Å². The molecule has 0 saturated carbocycles. The van der Waals surface area contributed by atoms with Crippen molar-refractivity contribution in [2.24, 2.45) is 5.92 Å². The number of hydrogen-bond acceptors (Lipinski definition) is 5. The Bertz CT molecular complexity index is 777.